The van der Waals surface area contributed by atoms with Crippen LogP contribution in [-0.4, -0.2) is 18.2 Å². The first kappa shape index (κ1) is 14.2. The van der Waals surface area contributed by atoms with Crippen LogP contribution in [0.5, 0.6) is 0 Å². The molecule has 1 aromatic rings. The minimum absolute atomic E-state index is 0.0204. The second-order valence-corrected chi connectivity index (χ2v) is 5.45. The van der Waals surface area contributed by atoms with Gasteiger partial charge in [0.15, 0.2) is 0 Å². The van der Waals surface area contributed by atoms with Crippen LogP contribution in [0, 0.1) is 11.7 Å². The van der Waals surface area contributed by atoms with Crippen molar-refractivity contribution in [3.63, 3.8) is 0 Å². The SMILES string of the molecule is CCC(=O)[C@H]1CCCN(c2ccc(F)cc2Br)C1=O. The number of hydrogen-bond donors (Lipinski definition) is 0. The number of hydrogen-bond acceptors (Lipinski definition) is 2. The molecule has 5 heteroatoms. The Morgan fingerprint density at radius 1 is 1.53 bits per heavy atom. The first-order chi connectivity index (χ1) is 9.04. The number of piperidine rings is 1. The summed E-state index contributed by atoms with van der Waals surface area (Å²) >= 11 is 3.27. The molecule has 1 amide bonds. The summed E-state index contributed by atoms with van der Waals surface area (Å²) in [5.41, 5.74) is 0.625. The van der Waals surface area contributed by atoms with Crippen LogP contribution in [-0.2, 0) is 9.59 Å². The average molecular weight is 328 g/mol. The van der Waals surface area contributed by atoms with Gasteiger partial charge in [-0.15, -0.1) is 0 Å². The summed E-state index contributed by atoms with van der Waals surface area (Å²) in [6.07, 6.45) is 1.77. The van der Waals surface area contributed by atoms with Crippen molar-refractivity contribution in [1.29, 1.82) is 0 Å². The number of benzene rings is 1. The lowest BCUT2D eigenvalue weighted by Crippen LogP contribution is -2.44. The maximum absolute atomic E-state index is 13.1. The van der Waals surface area contributed by atoms with Crippen LogP contribution < -0.4 is 4.90 Å². The molecule has 19 heavy (non-hydrogen) atoms. The number of rotatable bonds is 3. The maximum atomic E-state index is 13.1. The monoisotopic (exact) mass is 327 g/mol. The first-order valence-corrected chi connectivity index (χ1v) is 7.13. The lowest BCUT2D eigenvalue weighted by molar-refractivity contribution is -0.133. The lowest BCUT2D eigenvalue weighted by atomic mass is 9.91. The predicted octanol–water partition coefficient (Wildman–Crippen LogP) is 3.31. The minimum atomic E-state index is -0.546. The zero-order chi connectivity index (χ0) is 14.0. The van der Waals surface area contributed by atoms with Gasteiger partial charge in [0, 0.05) is 17.4 Å². The van der Waals surface area contributed by atoms with E-state index in [2.05, 4.69) is 15.9 Å². The van der Waals surface area contributed by atoms with Gasteiger partial charge in [-0.25, -0.2) is 4.39 Å². The third-order valence-corrected chi connectivity index (χ3v) is 4.01. The normalized spacial score (nSPS) is 19.6. The van der Waals surface area contributed by atoms with E-state index in [1.807, 2.05) is 0 Å². The van der Waals surface area contributed by atoms with Crippen molar-refractivity contribution in [3.8, 4) is 0 Å². The average Bonchev–Trinajstić information content (AvgIpc) is 2.39. The highest BCUT2D eigenvalue weighted by Crippen LogP contribution is 2.31. The van der Waals surface area contributed by atoms with Crippen molar-refractivity contribution in [2.24, 2.45) is 5.92 Å². The highest BCUT2D eigenvalue weighted by molar-refractivity contribution is 9.10. The smallest absolute Gasteiger partial charge is 0.237 e. The van der Waals surface area contributed by atoms with Gasteiger partial charge in [-0.1, -0.05) is 6.92 Å². The largest absolute Gasteiger partial charge is 0.311 e. The lowest BCUT2D eigenvalue weighted by Gasteiger charge is -2.32. The van der Waals surface area contributed by atoms with E-state index in [4.69, 9.17) is 0 Å². The molecule has 1 aromatic carbocycles. The van der Waals surface area contributed by atoms with Crippen LogP contribution in [0.15, 0.2) is 22.7 Å². The molecule has 1 saturated heterocycles. The molecule has 1 aliphatic heterocycles. The molecule has 0 unspecified atom stereocenters. The van der Waals surface area contributed by atoms with E-state index in [9.17, 15) is 14.0 Å². The van der Waals surface area contributed by atoms with Gasteiger partial charge < -0.3 is 4.90 Å². The fourth-order valence-electron chi connectivity index (χ4n) is 2.36. The van der Waals surface area contributed by atoms with Gasteiger partial charge in [0.05, 0.1) is 11.6 Å². The molecular weight excluding hydrogens is 313 g/mol. The van der Waals surface area contributed by atoms with E-state index in [1.54, 1.807) is 17.9 Å². The molecule has 0 N–H and O–H groups in total. The Kier molecular flexibility index (Phi) is 4.34. The van der Waals surface area contributed by atoms with Gasteiger partial charge >= 0.3 is 0 Å². The summed E-state index contributed by atoms with van der Waals surface area (Å²) in [4.78, 5) is 25.7. The van der Waals surface area contributed by atoms with E-state index in [0.717, 1.165) is 6.42 Å². The van der Waals surface area contributed by atoms with E-state index in [-0.39, 0.29) is 17.5 Å². The molecular formula is C14H15BrFNO2. The Balaban J connectivity index is 2.29. The summed E-state index contributed by atoms with van der Waals surface area (Å²) in [7, 11) is 0. The summed E-state index contributed by atoms with van der Waals surface area (Å²) in [6, 6.07) is 4.21. The Bertz CT molecular complexity index is 518. The Morgan fingerprint density at radius 3 is 2.89 bits per heavy atom. The van der Waals surface area contributed by atoms with Crippen LogP contribution in [0.3, 0.4) is 0 Å². The Hall–Kier alpha value is -1.23. The quantitative estimate of drug-likeness (QED) is 0.799. The zero-order valence-electron chi connectivity index (χ0n) is 10.7. The van der Waals surface area contributed by atoms with Crippen molar-refractivity contribution >= 4 is 33.3 Å². The predicted molar refractivity (Wildman–Crippen MR) is 74.5 cm³/mol. The van der Waals surface area contributed by atoms with Gasteiger partial charge in [0.25, 0.3) is 0 Å². The van der Waals surface area contributed by atoms with Gasteiger partial charge in [0.2, 0.25) is 5.91 Å². The highest BCUT2D eigenvalue weighted by Gasteiger charge is 2.34. The number of halogens is 2. The molecule has 0 saturated carbocycles. The third kappa shape index (κ3) is 2.86. The number of carbonyl (C=O) groups excluding carboxylic acids is 2. The highest BCUT2D eigenvalue weighted by atomic mass is 79.9. The summed E-state index contributed by atoms with van der Waals surface area (Å²) < 4.78 is 13.6. The number of anilines is 1. The van der Waals surface area contributed by atoms with E-state index >= 15 is 0 Å². The van der Waals surface area contributed by atoms with E-state index in [1.165, 1.54) is 12.1 Å². The molecule has 1 fully saturated rings. The fraction of sp³-hybridized carbons (Fsp3) is 0.429. The van der Waals surface area contributed by atoms with Crippen LogP contribution in [0.1, 0.15) is 26.2 Å². The van der Waals surface area contributed by atoms with Crippen molar-refractivity contribution < 1.29 is 14.0 Å². The van der Waals surface area contributed by atoms with Gasteiger partial charge in [-0.05, 0) is 47.0 Å². The fourth-order valence-corrected chi connectivity index (χ4v) is 2.92. The molecule has 1 aliphatic rings. The van der Waals surface area contributed by atoms with Crippen molar-refractivity contribution in [2.45, 2.75) is 26.2 Å². The molecule has 0 aliphatic carbocycles. The molecule has 1 heterocycles. The van der Waals surface area contributed by atoms with Crippen molar-refractivity contribution in [3.05, 3.63) is 28.5 Å². The number of amides is 1. The molecule has 0 spiro atoms. The first-order valence-electron chi connectivity index (χ1n) is 6.33. The zero-order valence-corrected chi connectivity index (χ0v) is 12.2. The number of carbonyl (C=O) groups is 2. The second-order valence-electron chi connectivity index (χ2n) is 4.60. The van der Waals surface area contributed by atoms with Gasteiger partial charge in [-0.3, -0.25) is 9.59 Å². The van der Waals surface area contributed by atoms with E-state index in [0.29, 0.717) is 29.5 Å². The van der Waals surface area contributed by atoms with Crippen LogP contribution in [0.4, 0.5) is 10.1 Å². The molecule has 2 rings (SSSR count). The standard InChI is InChI=1S/C14H15BrFNO2/c1-2-13(18)10-4-3-7-17(14(10)19)12-6-5-9(16)8-11(12)15/h5-6,8,10H,2-4,7H2,1H3/t10-/m1/s1. The molecule has 3 nitrogen and oxygen atoms in total. The van der Waals surface area contributed by atoms with Crippen molar-refractivity contribution in [2.75, 3.05) is 11.4 Å². The Morgan fingerprint density at radius 2 is 2.26 bits per heavy atom. The van der Waals surface area contributed by atoms with Crippen LogP contribution in [0.25, 0.3) is 0 Å². The van der Waals surface area contributed by atoms with Crippen molar-refractivity contribution in [1.82, 2.24) is 0 Å². The summed E-state index contributed by atoms with van der Waals surface area (Å²) in [5.74, 6) is -1.10. The number of ketones is 1. The van der Waals surface area contributed by atoms with Crippen LogP contribution in [0.2, 0.25) is 0 Å². The molecule has 0 aromatic heterocycles. The molecule has 0 radical (unpaired) electrons. The second kappa shape index (κ2) is 5.82. The number of Topliss-reactive ketones (excluding diaryl/α,β-unsaturated/α-hetero) is 1. The molecule has 0 bridgehead atoms. The topological polar surface area (TPSA) is 37.4 Å². The molecule has 1 atom stereocenters. The maximum Gasteiger partial charge on any atom is 0.237 e. The van der Waals surface area contributed by atoms with Gasteiger partial charge in [0.1, 0.15) is 11.6 Å². The summed E-state index contributed by atoms with van der Waals surface area (Å²) in [5, 5.41) is 0. The Labute approximate surface area is 119 Å². The third-order valence-electron chi connectivity index (χ3n) is 3.38. The molecule has 102 valence electrons. The summed E-state index contributed by atoms with van der Waals surface area (Å²) in [6.45, 7) is 2.33. The van der Waals surface area contributed by atoms with Gasteiger partial charge in [-0.2, -0.15) is 0 Å². The number of nitrogens with zero attached hydrogens (tertiary/aromatic N) is 1. The van der Waals surface area contributed by atoms with Crippen LogP contribution >= 0.6 is 15.9 Å². The van der Waals surface area contributed by atoms with E-state index < -0.39 is 5.92 Å². The minimum Gasteiger partial charge on any atom is -0.311 e.